The van der Waals surface area contributed by atoms with Crippen molar-refractivity contribution in [2.45, 2.75) is 13.1 Å². The highest BCUT2D eigenvalue weighted by Gasteiger charge is 2.05. The zero-order valence-corrected chi connectivity index (χ0v) is 5.67. The first kappa shape index (κ1) is 7.24. The van der Waals surface area contributed by atoms with Crippen LogP contribution in [0.1, 0.15) is 5.82 Å². The maximum Gasteiger partial charge on any atom is 0.122 e. The van der Waals surface area contributed by atoms with E-state index in [9.17, 15) is 0 Å². The van der Waals surface area contributed by atoms with Gasteiger partial charge in [-0.2, -0.15) is 0 Å². The fourth-order valence-electron chi connectivity index (χ4n) is 1.11. The molecule has 4 heteroatoms. The van der Waals surface area contributed by atoms with Gasteiger partial charge in [0.05, 0.1) is 6.54 Å². The SMILES string of the molecule is O.c1cn2c(n1)CNCC2. The van der Waals surface area contributed by atoms with Gasteiger partial charge in [-0.3, -0.25) is 0 Å². The second kappa shape index (κ2) is 2.81. The van der Waals surface area contributed by atoms with Gasteiger partial charge in [0.1, 0.15) is 5.82 Å². The quantitative estimate of drug-likeness (QED) is 0.512. The molecule has 0 atom stereocenters. The van der Waals surface area contributed by atoms with Crippen molar-refractivity contribution < 1.29 is 5.48 Å². The van der Waals surface area contributed by atoms with Crippen molar-refractivity contribution in [3.8, 4) is 0 Å². The highest BCUT2D eigenvalue weighted by atomic mass is 16.0. The summed E-state index contributed by atoms with van der Waals surface area (Å²) in [5.41, 5.74) is 0. The molecule has 1 aromatic rings. The van der Waals surface area contributed by atoms with E-state index in [1.807, 2.05) is 12.4 Å². The van der Waals surface area contributed by atoms with Crippen molar-refractivity contribution in [1.82, 2.24) is 14.9 Å². The van der Waals surface area contributed by atoms with Crippen LogP contribution in [0.25, 0.3) is 0 Å². The van der Waals surface area contributed by atoms with E-state index in [0.29, 0.717) is 0 Å². The van der Waals surface area contributed by atoms with Crippen molar-refractivity contribution >= 4 is 0 Å². The minimum Gasteiger partial charge on any atom is -0.412 e. The van der Waals surface area contributed by atoms with Crippen LogP contribution in [-0.4, -0.2) is 21.6 Å². The number of nitrogens with one attached hydrogen (secondary N) is 1. The van der Waals surface area contributed by atoms with E-state index in [-0.39, 0.29) is 5.48 Å². The van der Waals surface area contributed by atoms with Gasteiger partial charge in [0.2, 0.25) is 0 Å². The van der Waals surface area contributed by atoms with Crippen molar-refractivity contribution in [3.63, 3.8) is 0 Å². The number of fused-ring (bicyclic) bond motifs is 1. The Kier molecular flexibility index (Phi) is 2.03. The van der Waals surface area contributed by atoms with Crippen molar-refractivity contribution in [2.75, 3.05) is 6.54 Å². The number of nitrogens with zero attached hydrogens (tertiary/aromatic N) is 2. The van der Waals surface area contributed by atoms with Crippen LogP contribution in [0.15, 0.2) is 12.4 Å². The van der Waals surface area contributed by atoms with Crippen molar-refractivity contribution in [1.29, 1.82) is 0 Å². The summed E-state index contributed by atoms with van der Waals surface area (Å²) in [6.45, 7) is 3.06. The lowest BCUT2D eigenvalue weighted by Gasteiger charge is -2.13. The van der Waals surface area contributed by atoms with Gasteiger partial charge in [0.15, 0.2) is 0 Å². The van der Waals surface area contributed by atoms with E-state index in [2.05, 4.69) is 14.9 Å². The Morgan fingerprint density at radius 3 is 3.30 bits per heavy atom. The van der Waals surface area contributed by atoms with Gasteiger partial charge in [-0.05, 0) is 0 Å². The van der Waals surface area contributed by atoms with Crippen LogP contribution in [0, 0.1) is 0 Å². The number of aromatic nitrogens is 2. The second-order valence-corrected chi connectivity index (χ2v) is 2.21. The first-order valence-corrected chi connectivity index (χ1v) is 3.17. The number of rotatable bonds is 0. The predicted octanol–water partition coefficient (Wildman–Crippen LogP) is -0.838. The molecule has 0 fully saturated rings. The molecule has 0 saturated heterocycles. The highest BCUT2D eigenvalue weighted by molar-refractivity contribution is 4.94. The largest absolute Gasteiger partial charge is 0.412 e. The fourth-order valence-corrected chi connectivity index (χ4v) is 1.11. The average molecular weight is 141 g/mol. The van der Waals surface area contributed by atoms with Crippen LogP contribution in [-0.2, 0) is 13.1 Å². The number of hydrogen-bond acceptors (Lipinski definition) is 2. The first-order valence-electron chi connectivity index (χ1n) is 3.17. The third kappa shape index (κ3) is 1.03. The van der Waals surface area contributed by atoms with Crippen LogP contribution in [0.4, 0.5) is 0 Å². The molecule has 0 unspecified atom stereocenters. The maximum atomic E-state index is 4.16. The summed E-state index contributed by atoms with van der Waals surface area (Å²) >= 11 is 0. The molecule has 2 rings (SSSR count). The van der Waals surface area contributed by atoms with Crippen LogP contribution in [0.2, 0.25) is 0 Å². The fraction of sp³-hybridized carbons (Fsp3) is 0.500. The van der Waals surface area contributed by atoms with Crippen LogP contribution >= 0.6 is 0 Å². The third-order valence-electron chi connectivity index (χ3n) is 1.61. The Balaban J connectivity index is 0.000000500. The minimum atomic E-state index is 0. The van der Waals surface area contributed by atoms with E-state index < -0.39 is 0 Å². The van der Waals surface area contributed by atoms with Crippen LogP contribution in [0.5, 0.6) is 0 Å². The monoisotopic (exact) mass is 141 g/mol. The standard InChI is InChI=1S/C6H9N3.H2O/c1-3-9-4-2-8-6(9)5-7-1;/h2,4,7H,1,3,5H2;1H2. The smallest absolute Gasteiger partial charge is 0.122 e. The average Bonchev–Trinajstić information content (AvgIpc) is 2.33. The minimum absolute atomic E-state index is 0. The number of hydrogen-bond donors (Lipinski definition) is 1. The van der Waals surface area contributed by atoms with Crippen LogP contribution < -0.4 is 5.32 Å². The molecule has 2 heterocycles. The Morgan fingerprint density at radius 2 is 2.50 bits per heavy atom. The molecular formula is C6H11N3O. The summed E-state index contributed by atoms with van der Waals surface area (Å²) in [6.07, 6.45) is 3.87. The second-order valence-electron chi connectivity index (χ2n) is 2.21. The molecule has 0 saturated carbocycles. The van der Waals surface area contributed by atoms with Gasteiger partial charge in [-0.1, -0.05) is 0 Å². The van der Waals surface area contributed by atoms with E-state index in [0.717, 1.165) is 25.5 Å². The Bertz CT molecular complexity index is 188. The molecule has 0 radical (unpaired) electrons. The Labute approximate surface area is 59.2 Å². The lowest BCUT2D eigenvalue weighted by atomic mass is 10.4. The molecule has 1 aromatic heterocycles. The molecule has 10 heavy (non-hydrogen) atoms. The highest BCUT2D eigenvalue weighted by Crippen LogP contribution is 1.99. The predicted molar refractivity (Wildman–Crippen MR) is 37.5 cm³/mol. The normalized spacial score (nSPS) is 15.6. The molecule has 0 spiro atoms. The van der Waals surface area contributed by atoms with Crippen molar-refractivity contribution in [2.24, 2.45) is 0 Å². The summed E-state index contributed by atoms with van der Waals surface area (Å²) in [4.78, 5) is 4.16. The van der Waals surface area contributed by atoms with Gasteiger partial charge in [-0.25, -0.2) is 4.98 Å². The summed E-state index contributed by atoms with van der Waals surface area (Å²) < 4.78 is 2.18. The van der Waals surface area contributed by atoms with Crippen molar-refractivity contribution in [3.05, 3.63) is 18.2 Å². The van der Waals surface area contributed by atoms with E-state index in [1.54, 1.807) is 0 Å². The molecule has 0 aliphatic carbocycles. The molecule has 1 aliphatic rings. The molecule has 1 aliphatic heterocycles. The van der Waals surface area contributed by atoms with E-state index in [1.165, 1.54) is 0 Å². The molecule has 0 aromatic carbocycles. The summed E-state index contributed by atoms with van der Waals surface area (Å²) in [6, 6.07) is 0. The lowest BCUT2D eigenvalue weighted by Crippen LogP contribution is -2.27. The zero-order chi connectivity index (χ0) is 6.10. The Hall–Kier alpha value is -0.870. The van der Waals surface area contributed by atoms with Gasteiger partial charge < -0.3 is 15.4 Å². The Morgan fingerprint density at radius 1 is 1.60 bits per heavy atom. The van der Waals surface area contributed by atoms with Gasteiger partial charge in [-0.15, -0.1) is 0 Å². The molecule has 4 nitrogen and oxygen atoms in total. The zero-order valence-electron chi connectivity index (χ0n) is 5.67. The van der Waals surface area contributed by atoms with E-state index >= 15 is 0 Å². The van der Waals surface area contributed by atoms with Crippen LogP contribution in [0.3, 0.4) is 0 Å². The van der Waals surface area contributed by atoms with Gasteiger partial charge in [0, 0.05) is 25.5 Å². The van der Waals surface area contributed by atoms with E-state index in [4.69, 9.17) is 0 Å². The summed E-state index contributed by atoms with van der Waals surface area (Å²) in [7, 11) is 0. The summed E-state index contributed by atoms with van der Waals surface area (Å²) in [5, 5.41) is 3.24. The molecule has 3 N–H and O–H groups in total. The molecule has 0 bridgehead atoms. The first-order chi connectivity index (χ1) is 4.47. The summed E-state index contributed by atoms with van der Waals surface area (Å²) in [5.74, 6) is 1.15. The third-order valence-corrected chi connectivity index (χ3v) is 1.61. The van der Waals surface area contributed by atoms with Gasteiger partial charge in [0.25, 0.3) is 0 Å². The number of imidazole rings is 1. The molecule has 56 valence electrons. The lowest BCUT2D eigenvalue weighted by molar-refractivity contribution is 0.505. The molecular weight excluding hydrogens is 130 g/mol. The molecule has 0 amide bonds. The van der Waals surface area contributed by atoms with Gasteiger partial charge >= 0.3 is 0 Å². The maximum absolute atomic E-state index is 4.16. The topological polar surface area (TPSA) is 61.4 Å².